The number of benzene rings is 6. The van der Waals surface area contributed by atoms with E-state index in [-0.39, 0.29) is 12.2 Å². The quantitative estimate of drug-likeness (QED) is 0.0293. The average molecular weight is 950 g/mol. The minimum Gasteiger partial charge on any atom is -0.440 e. The summed E-state index contributed by atoms with van der Waals surface area (Å²) in [5, 5.41) is 0. The molecule has 0 amide bonds. The van der Waals surface area contributed by atoms with Gasteiger partial charge in [0.15, 0.2) is 0 Å². The van der Waals surface area contributed by atoms with Crippen molar-refractivity contribution in [2.75, 3.05) is 39.6 Å². The number of nitrogens with zero attached hydrogens (tertiary/aromatic N) is 3. The van der Waals surface area contributed by atoms with Crippen molar-refractivity contribution in [3.05, 3.63) is 181 Å². The molecule has 6 aromatic rings. The number of aryl methyl sites for hydroxylation is 2. The van der Waals surface area contributed by atoms with E-state index in [1.807, 2.05) is 158 Å². The molecule has 0 N–H and O–H groups in total. The second-order valence-electron chi connectivity index (χ2n) is 15.6. The van der Waals surface area contributed by atoms with E-state index < -0.39 is 24.6 Å². The lowest BCUT2D eigenvalue weighted by atomic mass is 10.1. The second-order valence-corrected chi connectivity index (χ2v) is 21.1. The number of epoxide rings is 2. The lowest BCUT2D eigenvalue weighted by Crippen LogP contribution is -2.37. The molecule has 0 radical (unpaired) electrons. The van der Waals surface area contributed by atoms with Gasteiger partial charge in [-0.1, -0.05) is 109 Å². The van der Waals surface area contributed by atoms with E-state index in [0.717, 1.165) is 62.9 Å². The molecule has 16 heteroatoms. The molecule has 3 aliphatic rings. The Labute approximate surface area is 389 Å². The minimum absolute atomic E-state index is 0.230. The van der Waals surface area contributed by atoms with E-state index in [9.17, 15) is 0 Å². The molecule has 66 heavy (non-hydrogen) atoms. The summed E-state index contributed by atoms with van der Waals surface area (Å²) in [6, 6.07) is 54.2. The highest BCUT2D eigenvalue weighted by atomic mass is 31.3. The van der Waals surface area contributed by atoms with E-state index >= 15 is 0 Å². The number of para-hydroxylation sites is 6. The van der Waals surface area contributed by atoms with E-state index in [2.05, 4.69) is 12.1 Å². The number of rotatable bonds is 26. The van der Waals surface area contributed by atoms with Crippen LogP contribution in [0.1, 0.15) is 36.8 Å². The average Bonchev–Trinajstić information content (AvgIpc) is 4.31. The summed E-state index contributed by atoms with van der Waals surface area (Å²) >= 11 is 0. The predicted molar refractivity (Wildman–Crippen MR) is 256 cm³/mol. The number of hydrogen-bond donors (Lipinski definition) is 0. The normalized spacial score (nSPS) is 21.3. The third kappa shape index (κ3) is 13.3. The largest absolute Gasteiger partial charge is 0.447 e. The van der Waals surface area contributed by atoms with Crippen LogP contribution in [0.15, 0.2) is 174 Å². The summed E-state index contributed by atoms with van der Waals surface area (Å²) in [5.41, 5.74) is 1.96. The van der Waals surface area contributed by atoms with Gasteiger partial charge in [-0.2, -0.15) is 0 Å². The fourth-order valence-corrected chi connectivity index (χ4v) is 14.3. The molecule has 2 fully saturated rings. The zero-order valence-electron chi connectivity index (χ0n) is 36.6. The third-order valence-electron chi connectivity index (χ3n) is 10.3. The van der Waals surface area contributed by atoms with Crippen LogP contribution in [-0.2, 0) is 31.8 Å². The number of hydrogen-bond acceptors (Lipinski definition) is 13. The lowest BCUT2D eigenvalue weighted by molar-refractivity contribution is 0.0545. The van der Waals surface area contributed by atoms with E-state index in [0.29, 0.717) is 60.9 Å². The van der Waals surface area contributed by atoms with Gasteiger partial charge in [0.1, 0.15) is 46.7 Å². The fourth-order valence-electron chi connectivity index (χ4n) is 6.75. The molecular formula is C50H54N3O10P3. The Balaban J connectivity index is 1.16. The second kappa shape index (κ2) is 23.6. The van der Waals surface area contributed by atoms with Gasteiger partial charge < -0.3 is 46.7 Å². The molecule has 344 valence electrons. The van der Waals surface area contributed by atoms with Gasteiger partial charge in [-0.3, -0.25) is 0 Å². The summed E-state index contributed by atoms with van der Waals surface area (Å²) < 4.78 is 60.3. The third-order valence-corrected chi connectivity index (χ3v) is 17.2. The van der Waals surface area contributed by atoms with Crippen LogP contribution in [0, 0.1) is 0 Å². The summed E-state index contributed by atoms with van der Waals surface area (Å²) in [4.78, 5) is 13.9. The molecule has 4 unspecified atom stereocenters. The Morgan fingerprint density at radius 2 is 0.924 bits per heavy atom. The summed E-state index contributed by atoms with van der Waals surface area (Å²) in [6.07, 6.45) is 5.38. The van der Waals surface area contributed by atoms with Crippen molar-refractivity contribution in [3.8, 4) is 34.5 Å². The van der Waals surface area contributed by atoms with Crippen molar-refractivity contribution < 1.29 is 46.7 Å². The summed E-state index contributed by atoms with van der Waals surface area (Å²) in [5.74, 6) is 3.39. The van der Waals surface area contributed by atoms with Crippen LogP contribution in [0.5, 0.6) is 34.5 Å². The highest BCUT2D eigenvalue weighted by Crippen LogP contribution is 2.78. The van der Waals surface area contributed by atoms with Crippen LogP contribution in [0.2, 0.25) is 0 Å². The van der Waals surface area contributed by atoms with Crippen LogP contribution in [0.25, 0.3) is 0 Å². The van der Waals surface area contributed by atoms with Crippen molar-refractivity contribution in [3.63, 3.8) is 0 Å². The van der Waals surface area contributed by atoms with Crippen molar-refractivity contribution >= 4 is 24.6 Å². The zero-order chi connectivity index (χ0) is 44.6. The Bertz CT molecular complexity index is 2370. The first-order valence-corrected chi connectivity index (χ1v) is 26.2. The Hall–Kier alpha value is -5.03. The van der Waals surface area contributed by atoms with E-state index in [4.69, 9.17) is 51.2 Å². The van der Waals surface area contributed by atoms with E-state index in [1.165, 1.54) is 0 Å². The first-order valence-electron chi connectivity index (χ1n) is 22.4. The molecule has 0 aliphatic carbocycles. The molecule has 3 heterocycles. The Kier molecular flexibility index (Phi) is 16.5. The van der Waals surface area contributed by atoms with Crippen molar-refractivity contribution in [1.82, 2.24) is 9.21 Å². The lowest BCUT2D eigenvalue weighted by Gasteiger charge is -2.44. The maximum atomic E-state index is 7.49. The molecule has 4 atom stereocenters. The molecule has 2 saturated heterocycles. The van der Waals surface area contributed by atoms with Crippen molar-refractivity contribution in [2.24, 2.45) is 4.52 Å². The van der Waals surface area contributed by atoms with Gasteiger partial charge in [0.2, 0.25) is 0 Å². The summed E-state index contributed by atoms with van der Waals surface area (Å²) in [7, 11) is -8.31. The monoisotopic (exact) mass is 949 g/mol. The van der Waals surface area contributed by atoms with Crippen LogP contribution < -0.4 is 27.8 Å². The fraction of sp³-hybridized carbons (Fsp3) is 0.280. The highest BCUT2D eigenvalue weighted by molar-refractivity contribution is 7.78. The number of ether oxygens (including phenoxy) is 4. The first-order chi connectivity index (χ1) is 32.7. The molecule has 3 aliphatic heterocycles. The Morgan fingerprint density at radius 1 is 0.500 bits per heavy atom. The van der Waals surface area contributed by atoms with Gasteiger partial charge in [-0.05, 0) is 110 Å². The van der Waals surface area contributed by atoms with Crippen molar-refractivity contribution in [1.29, 1.82) is 0 Å². The standard InChI is InChI=1S/C50H54N3O10P3/c1-5-25-43(26-6-1)58-52-64(60-45-29-9-3-10-30-45)51-66(62-49-33-15-13-21-41(49)23-17-19-35-54-37-47-39-56-47,63-50-34-16-14-22-42(50)24-18-20-36-55-38-48-40-57-48)53(59-44-27-7-2-8-28-44)65(52)61-46-31-11-4-12-32-46/h1-16,21-22,25-34,47-48H,17-20,23-24,35-40H2. The van der Waals surface area contributed by atoms with Crippen LogP contribution in [-0.4, -0.2) is 61.1 Å². The molecule has 9 rings (SSSR count). The van der Waals surface area contributed by atoms with E-state index in [1.54, 1.807) is 9.21 Å². The summed E-state index contributed by atoms with van der Waals surface area (Å²) in [6.45, 7) is 4.10. The molecule has 0 aromatic heterocycles. The van der Waals surface area contributed by atoms with Gasteiger partial charge in [-0.15, -0.1) is 4.52 Å². The number of unbranched alkanes of at least 4 members (excludes halogenated alkanes) is 2. The van der Waals surface area contributed by atoms with Crippen LogP contribution in [0.4, 0.5) is 0 Å². The molecule has 0 saturated carbocycles. The maximum Gasteiger partial charge on any atom is 0.447 e. The Morgan fingerprint density at radius 3 is 1.41 bits per heavy atom. The van der Waals surface area contributed by atoms with Gasteiger partial charge in [0.05, 0.1) is 26.4 Å². The van der Waals surface area contributed by atoms with Gasteiger partial charge >= 0.3 is 24.6 Å². The van der Waals surface area contributed by atoms with Gasteiger partial charge in [0, 0.05) is 22.4 Å². The van der Waals surface area contributed by atoms with Crippen LogP contribution in [0.3, 0.4) is 0 Å². The maximum absolute atomic E-state index is 7.49. The van der Waals surface area contributed by atoms with Gasteiger partial charge in [-0.25, -0.2) is 0 Å². The highest BCUT2D eigenvalue weighted by Gasteiger charge is 2.58. The topological polar surface area (TPSA) is 118 Å². The smallest absolute Gasteiger partial charge is 0.440 e. The van der Waals surface area contributed by atoms with Crippen LogP contribution >= 0.6 is 24.6 Å². The van der Waals surface area contributed by atoms with Gasteiger partial charge in [0.25, 0.3) is 0 Å². The zero-order valence-corrected chi connectivity index (χ0v) is 39.3. The SMILES string of the molecule is c1ccc(ON2P(Oc3ccccc3)N=P(Oc3ccccc3CCCCOCC3CO3)(Oc3ccccc3CCCCOCC3CO3)N(Oc3ccccc3)P2Oc2ccccc2)cc1. The molecule has 13 nitrogen and oxygen atoms in total. The molecular weight excluding hydrogens is 895 g/mol. The molecule has 0 spiro atoms. The predicted octanol–water partition coefficient (Wildman–Crippen LogP) is 12.8. The minimum atomic E-state index is -3.95. The molecule has 0 bridgehead atoms. The molecule has 6 aromatic carbocycles. The van der Waals surface area contributed by atoms with Crippen molar-refractivity contribution in [2.45, 2.75) is 50.7 Å². The first kappa shape index (κ1) is 46.1.